The highest BCUT2D eigenvalue weighted by molar-refractivity contribution is 6.30. The number of benzene rings is 2. The Hall–Kier alpha value is -3.48. The zero-order chi connectivity index (χ0) is 23.5. The van der Waals surface area contributed by atoms with Gasteiger partial charge in [0.2, 0.25) is 5.91 Å². The van der Waals surface area contributed by atoms with E-state index in [1.165, 1.54) is 11.0 Å². The van der Waals surface area contributed by atoms with Crippen molar-refractivity contribution in [1.29, 1.82) is 0 Å². The van der Waals surface area contributed by atoms with Gasteiger partial charge in [-0.05, 0) is 40.3 Å². The summed E-state index contributed by atoms with van der Waals surface area (Å²) in [6.45, 7) is 0.0672. The molecule has 2 heterocycles. The zero-order valence-electron chi connectivity index (χ0n) is 16.9. The van der Waals surface area contributed by atoms with Gasteiger partial charge in [-0.1, -0.05) is 17.7 Å². The number of aliphatic hydroxyl groups excluding tert-OH is 1. The highest BCUT2D eigenvalue weighted by atomic mass is 35.5. The Morgan fingerprint density at radius 3 is 2.82 bits per heavy atom. The molecule has 4 rings (SSSR count). The van der Waals surface area contributed by atoms with Crippen molar-refractivity contribution in [1.82, 2.24) is 30.6 Å². The van der Waals surface area contributed by atoms with Crippen LogP contribution in [0.4, 0.5) is 8.78 Å². The van der Waals surface area contributed by atoms with Gasteiger partial charge in [0, 0.05) is 29.6 Å². The number of hydrogen-bond acceptors (Lipinski definition) is 7. The molecule has 33 heavy (non-hydrogen) atoms. The molecule has 0 bridgehead atoms. The van der Waals surface area contributed by atoms with E-state index in [9.17, 15) is 23.5 Å². The second-order valence-electron chi connectivity index (χ2n) is 7.12. The quantitative estimate of drug-likeness (QED) is 0.550. The van der Waals surface area contributed by atoms with E-state index in [1.807, 2.05) is 0 Å². The normalized spacial score (nSPS) is 16.6. The molecule has 1 saturated heterocycles. The first kappa shape index (κ1) is 22.7. The van der Waals surface area contributed by atoms with Gasteiger partial charge in [-0.25, -0.2) is 18.5 Å². The molecule has 1 aromatic heterocycles. The van der Waals surface area contributed by atoms with E-state index in [-0.39, 0.29) is 19.6 Å². The van der Waals surface area contributed by atoms with E-state index in [2.05, 4.69) is 20.8 Å². The Morgan fingerprint density at radius 1 is 1.27 bits per heavy atom. The van der Waals surface area contributed by atoms with Crippen molar-refractivity contribution in [2.24, 2.45) is 0 Å². The number of nitrogens with one attached hydrogen (secondary N) is 1. The Labute approximate surface area is 190 Å². The number of hydroxylamine groups is 2. The molecule has 0 spiro atoms. The molecule has 0 saturated carbocycles. The number of rotatable bonds is 6. The second kappa shape index (κ2) is 9.57. The van der Waals surface area contributed by atoms with Crippen LogP contribution >= 0.6 is 11.6 Å². The van der Waals surface area contributed by atoms with Gasteiger partial charge in [0.15, 0.2) is 6.10 Å². The highest BCUT2D eigenvalue weighted by Crippen LogP contribution is 2.25. The maximum absolute atomic E-state index is 14.0. The van der Waals surface area contributed by atoms with Crippen molar-refractivity contribution in [2.45, 2.75) is 25.1 Å². The van der Waals surface area contributed by atoms with Gasteiger partial charge < -0.3 is 10.4 Å². The summed E-state index contributed by atoms with van der Waals surface area (Å²) in [5.74, 6) is -3.55. The SMILES string of the molecule is O=C(NCc1cc(Cl)ccc1-n1cnnn1)[C@@H]1CCON1C(=O)C(O)c1ccc(F)cc1F. The largest absolute Gasteiger partial charge is 0.378 e. The number of amides is 2. The Balaban J connectivity index is 1.47. The Morgan fingerprint density at radius 2 is 2.09 bits per heavy atom. The highest BCUT2D eigenvalue weighted by Gasteiger charge is 2.39. The summed E-state index contributed by atoms with van der Waals surface area (Å²) < 4.78 is 28.5. The molecule has 2 N–H and O–H groups in total. The molecule has 0 radical (unpaired) electrons. The topological polar surface area (TPSA) is 122 Å². The van der Waals surface area contributed by atoms with Crippen molar-refractivity contribution >= 4 is 23.4 Å². The first-order chi connectivity index (χ1) is 15.8. The number of aromatic nitrogens is 4. The minimum absolute atomic E-state index is 0.0300. The number of aliphatic hydroxyl groups is 1. The molecule has 2 atom stereocenters. The van der Waals surface area contributed by atoms with Gasteiger partial charge in [0.25, 0.3) is 5.91 Å². The van der Waals surface area contributed by atoms with E-state index < -0.39 is 41.2 Å². The minimum Gasteiger partial charge on any atom is -0.378 e. The van der Waals surface area contributed by atoms with Crippen molar-refractivity contribution in [3.05, 3.63) is 70.5 Å². The molecule has 13 heteroatoms. The maximum atomic E-state index is 14.0. The lowest BCUT2D eigenvalue weighted by atomic mass is 10.1. The smallest absolute Gasteiger partial charge is 0.280 e. The number of nitrogens with zero attached hydrogens (tertiary/aromatic N) is 5. The van der Waals surface area contributed by atoms with Crippen LogP contribution in [0.3, 0.4) is 0 Å². The van der Waals surface area contributed by atoms with Crippen molar-refractivity contribution in [3.8, 4) is 5.69 Å². The fraction of sp³-hybridized carbons (Fsp3) is 0.250. The third kappa shape index (κ3) is 4.82. The molecule has 1 unspecified atom stereocenters. The summed E-state index contributed by atoms with van der Waals surface area (Å²) in [6, 6.07) is 6.32. The average Bonchev–Trinajstić information content (AvgIpc) is 3.49. The minimum atomic E-state index is -1.97. The van der Waals surface area contributed by atoms with Gasteiger partial charge in [-0.2, -0.15) is 0 Å². The number of carbonyl (C=O) groups is 2. The number of carbonyl (C=O) groups excluding carboxylic acids is 2. The first-order valence-corrected chi connectivity index (χ1v) is 10.1. The fourth-order valence-corrected chi connectivity index (χ4v) is 3.59. The predicted molar refractivity (Wildman–Crippen MR) is 109 cm³/mol. The van der Waals surface area contributed by atoms with E-state index in [0.29, 0.717) is 27.4 Å². The summed E-state index contributed by atoms with van der Waals surface area (Å²) in [6.07, 6.45) is -0.431. The second-order valence-corrected chi connectivity index (χ2v) is 7.55. The van der Waals surface area contributed by atoms with Crippen LogP contribution in [0.5, 0.6) is 0 Å². The van der Waals surface area contributed by atoms with Crippen molar-refractivity contribution in [2.75, 3.05) is 6.61 Å². The van der Waals surface area contributed by atoms with Crippen LogP contribution < -0.4 is 5.32 Å². The third-order valence-electron chi connectivity index (χ3n) is 5.01. The van der Waals surface area contributed by atoms with Crippen LogP contribution in [0, 0.1) is 11.6 Å². The number of hydrogen-bond donors (Lipinski definition) is 2. The summed E-state index contributed by atoms with van der Waals surface area (Å²) in [5.41, 5.74) is 0.761. The third-order valence-corrected chi connectivity index (χ3v) is 5.24. The average molecular weight is 479 g/mol. The standard InChI is InChI=1S/C20H17ClF2N6O4/c21-12-1-4-16(28-10-25-26-27-28)11(7-12)9-24-19(31)17-5-6-33-29(17)20(32)18(30)14-3-2-13(22)8-15(14)23/h1-4,7-8,10,17-18,30H,5-6,9H2,(H,24,31)/t17-,18?/m0/s1. The predicted octanol–water partition coefficient (Wildman–Crippen LogP) is 1.48. The van der Waals surface area contributed by atoms with Gasteiger partial charge >= 0.3 is 0 Å². The van der Waals surface area contributed by atoms with Gasteiger partial charge in [0.05, 0.1) is 12.3 Å². The summed E-state index contributed by atoms with van der Waals surface area (Å²) in [5, 5.41) is 25.1. The zero-order valence-corrected chi connectivity index (χ0v) is 17.6. The lowest BCUT2D eigenvalue weighted by Gasteiger charge is -2.24. The number of halogens is 3. The molecular weight excluding hydrogens is 462 g/mol. The molecule has 10 nitrogen and oxygen atoms in total. The van der Waals surface area contributed by atoms with E-state index in [4.69, 9.17) is 16.4 Å². The van der Waals surface area contributed by atoms with Crippen LogP contribution in [0.1, 0.15) is 23.7 Å². The Kier molecular flexibility index (Phi) is 6.58. The van der Waals surface area contributed by atoms with Gasteiger partial charge in [0.1, 0.15) is 24.0 Å². The summed E-state index contributed by atoms with van der Waals surface area (Å²) >= 11 is 6.07. The van der Waals surface area contributed by atoms with Crippen LogP contribution in [0.2, 0.25) is 5.02 Å². The fourth-order valence-electron chi connectivity index (χ4n) is 3.39. The first-order valence-electron chi connectivity index (χ1n) is 9.73. The molecule has 1 aliphatic heterocycles. The molecule has 172 valence electrons. The van der Waals surface area contributed by atoms with Gasteiger partial charge in [-0.3, -0.25) is 14.4 Å². The molecule has 0 aliphatic carbocycles. The molecule has 1 fully saturated rings. The molecular formula is C20H17ClF2N6O4. The van der Waals surface area contributed by atoms with E-state index >= 15 is 0 Å². The van der Waals surface area contributed by atoms with Crippen LogP contribution in [0.15, 0.2) is 42.7 Å². The maximum Gasteiger partial charge on any atom is 0.280 e. The molecule has 2 amide bonds. The van der Waals surface area contributed by atoms with Crippen molar-refractivity contribution in [3.63, 3.8) is 0 Å². The van der Waals surface area contributed by atoms with E-state index in [1.54, 1.807) is 18.2 Å². The molecule has 1 aliphatic rings. The summed E-state index contributed by atoms with van der Waals surface area (Å²) in [4.78, 5) is 30.7. The lowest BCUT2D eigenvalue weighted by molar-refractivity contribution is -0.188. The Bertz CT molecular complexity index is 1180. The summed E-state index contributed by atoms with van der Waals surface area (Å²) in [7, 11) is 0. The van der Waals surface area contributed by atoms with Crippen LogP contribution in [-0.2, 0) is 21.0 Å². The monoisotopic (exact) mass is 478 g/mol. The van der Waals surface area contributed by atoms with Crippen LogP contribution in [0.25, 0.3) is 5.69 Å². The van der Waals surface area contributed by atoms with Crippen LogP contribution in [-0.4, -0.2) is 54.8 Å². The van der Waals surface area contributed by atoms with Gasteiger partial charge in [-0.15, -0.1) is 5.10 Å². The number of tetrazole rings is 1. The van der Waals surface area contributed by atoms with E-state index in [0.717, 1.165) is 12.1 Å². The molecule has 2 aromatic carbocycles. The molecule has 3 aromatic rings. The lowest BCUT2D eigenvalue weighted by Crippen LogP contribution is -2.46. The van der Waals surface area contributed by atoms with Crippen molar-refractivity contribution < 1.29 is 28.3 Å².